The van der Waals surface area contributed by atoms with E-state index in [4.69, 9.17) is 10.2 Å². The van der Waals surface area contributed by atoms with Crippen molar-refractivity contribution in [2.24, 2.45) is 5.41 Å². The zero-order chi connectivity index (χ0) is 11.9. The fraction of sp³-hybridized carbons (Fsp3) is 1.00. The highest BCUT2D eigenvalue weighted by Crippen LogP contribution is 2.61. The summed E-state index contributed by atoms with van der Waals surface area (Å²) in [5.74, 6) is -2.99. The average molecular weight is 248 g/mol. The highest BCUT2D eigenvalue weighted by atomic mass is 32.2. The second kappa shape index (κ2) is 3.69. The predicted molar refractivity (Wildman–Crippen MR) is 44.7 cm³/mol. The van der Waals surface area contributed by atoms with Gasteiger partial charge in [0.25, 0.3) is 5.97 Å². The van der Waals surface area contributed by atoms with E-state index in [9.17, 15) is 17.4 Å². The third-order valence-electron chi connectivity index (χ3n) is 2.27. The first kappa shape index (κ1) is 12.9. The predicted octanol–water partition coefficient (Wildman–Crippen LogP) is 0.668. The van der Waals surface area contributed by atoms with Crippen molar-refractivity contribution in [2.75, 3.05) is 6.26 Å². The molecule has 0 aromatic carbocycles. The zero-order valence-electron chi connectivity index (χ0n) is 7.87. The molecule has 15 heavy (non-hydrogen) atoms. The molecule has 0 amide bonds. The Morgan fingerprint density at radius 3 is 2.13 bits per heavy atom. The quantitative estimate of drug-likeness (QED) is 0.717. The molecule has 1 aliphatic carbocycles. The Kier molecular flexibility index (Phi) is 3.17. The monoisotopic (exact) mass is 248 g/mol. The standard InChI is InChI=1S/C7H11F3O4S/c1-15(13)14-6(11,12)4-5(2-3-5)7(8,9)10/h11-12H,2-4H2,1H3. The number of aliphatic hydroxyl groups is 2. The van der Waals surface area contributed by atoms with Gasteiger partial charge in [-0.2, -0.15) is 13.2 Å². The molecule has 0 saturated heterocycles. The van der Waals surface area contributed by atoms with E-state index in [0.29, 0.717) is 0 Å². The van der Waals surface area contributed by atoms with Crippen molar-refractivity contribution < 1.29 is 31.8 Å². The maximum Gasteiger partial charge on any atom is 0.394 e. The molecule has 1 rings (SSSR count). The van der Waals surface area contributed by atoms with E-state index in [1.807, 2.05) is 0 Å². The number of alkyl halides is 3. The van der Waals surface area contributed by atoms with Gasteiger partial charge in [0.2, 0.25) is 0 Å². The molecule has 1 fully saturated rings. The van der Waals surface area contributed by atoms with Crippen molar-refractivity contribution in [3.05, 3.63) is 0 Å². The largest absolute Gasteiger partial charge is 0.394 e. The summed E-state index contributed by atoms with van der Waals surface area (Å²) >= 11 is -2.04. The molecule has 4 nitrogen and oxygen atoms in total. The van der Waals surface area contributed by atoms with Crippen LogP contribution >= 0.6 is 0 Å². The summed E-state index contributed by atoms with van der Waals surface area (Å²) in [6.07, 6.45) is -4.85. The van der Waals surface area contributed by atoms with Crippen LogP contribution < -0.4 is 0 Å². The lowest BCUT2D eigenvalue weighted by Gasteiger charge is -2.26. The number of hydrogen-bond acceptors (Lipinski definition) is 4. The Morgan fingerprint density at radius 1 is 1.40 bits per heavy atom. The van der Waals surface area contributed by atoms with Gasteiger partial charge in [-0.25, -0.2) is 8.39 Å². The highest BCUT2D eigenvalue weighted by molar-refractivity contribution is 7.79. The van der Waals surface area contributed by atoms with Crippen molar-refractivity contribution >= 4 is 11.1 Å². The SMILES string of the molecule is CS(=O)OC(O)(O)CC1(C(F)(F)F)CC1. The Balaban J connectivity index is 2.65. The molecule has 0 heterocycles. The maximum atomic E-state index is 12.4. The van der Waals surface area contributed by atoms with E-state index >= 15 is 0 Å². The van der Waals surface area contributed by atoms with E-state index in [1.54, 1.807) is 0 Å². The van der Waals surface area contributed by atoms with Gasteiger partial charge in [-0.3, -0.25) is 0 Å². The number of halogens is 3. The minimum absolute atomic E-state index is 0.168. The van der Waals surface area contributed by atoms with Crippen molar-refractivity contribution in [3.8, 4) is 0 Å². The molecule has 1 aliphatic rings. The fourth-order valence-electron chi connectivity index (χ4n) is 1.37. The summed E-state index contributed by atoms with van der Waals surface area (Å²) in [4.78, 5) is 0. The lowest BCUT2D eigenvalue weighted by atomic mass is 10.0. The van der Waals surface area contributed by atoms with Crippen LogP contribution in [0.5, 0.6) is 0 Å². The molecule has 0 aliphatic heterocycles. The Labute approximate surface area is 86.7 Å². The van der Waals surface area contributed by atoms with Gasteiger partial charge >= 0.3 is 6.18 Å². The van der Waals surface area contributed by atoms with Gasteiger partial charge in [0.05, 0.1) is 5.41 Å². The third-order valence-corrected chi connectivity index (χ3v) is 2.78. The molecule has 0 aromatic heterocycles. The van der Waals surface area contributed by atoms with Crippen molar-refractivity contribution in [1.29, 1.82) is 0 Å². The Hall–Kier alpha value is -0.180. The minimum atomic E-state index is -4.50. The topological polar surface area (TPSA) is 66.8 Å². The average Bonchev–Trinajstić information content (AvgIpc) is 2.61. The summed E-state index contributed by atoms with van der Waals surface area (Å²) in [6, 6.07) is 0. The smallest absolute Gasteiger partial charge is 0.343 e. The van der Waals surface area contributed by atoms with Crippen LogP contribution in [0, 0.1) is 5.41 Å². The molecular formula is C7H11F3O4S. The van der Waals surface area contributed by atoms with E-state index in [2.05, 4.69) is 4.18 Å². The van der Waals surface area contributed by atoms with Crippen molar-refractivity contribution in [2.45, 2.75) is 31.4 Å². The summed E-state index contributed by atoms with van der Waals surface area (Å²) in [5, 5.41) is 18.1. The highest BCUT2D eigenvalue weighted by Gasteiger charge is 2.66. The minimum Gasteiger partial charge on any atom is -0.343 e. The lowest BCUT2D eigenvalue weighted by molar-refractivity contribution is -0.318. The maximum absolute atomic E-state index is 12.4. The van der Waals surface area contributed by atoms with Gasteiger partial charge in [0.15, 0.2) is 11.1 Å². The first-order valence-electron chi connectivity index (χ1n) is 4.12. The van der Waals surface area contributed by atoms with Crippen LogP contribution in [-0.2, 0) is 15.3 Å². The Bertz CT molecular complexity index is 272. The van der Waals surface area contributed by atoms with Crippen molar-refractivity contribution in [1.82, 2.24) is 0 Å². The van der Waals surface area contributed by atoms with Crippen LogP contribution in [0.1, 0.15) is 19.3 Å². The van der Waals surface area contributed by atoms with Gasteiger partial charge in [-0.1, -0.05) is 0 Å². The van der Waals surface area contributed by atoms with Crippen LogP contribution in [-0.4, -0.2) is 32.8 Å². The molecular weight excluding hydrogens is 237 g/mol. The first-order chi connectivity index (χ1) is 6.58. The molecule has 1 saturated carbocycles. The molecule has 1 atom stereocenters. The van der Waals surface area contributed by atoms with Crippen LogP contribution in [0.15, 0.2) is 0 Å². The van der Waals surface area contributed by atoms with Gasteiger partial charge in [-0.05, 0) is 12.8 Å². The van der Waals surface area contributed by atoms with Gasteiger partial charge in [-0.15, -0.1) is 0 Å². The van der Waals surface area contributed by atoms with Gasteiger partial charge in [0.1, 0.15) is 0 Å². The number of hydrogen-bond donors (Lipinski definition) is 2. The second-order valence-corrected chi connectivity index (χ2v) is 4.65. The first-order valence-corrected chi connectivity index (χ1v) is 5.61. The molecule has 0 bridgehead atoms. The van der Waals surface area contributed by atoms with E-state index in [0.717, 1.165) is 6.26 Å². The third kappa shape index (κ3) is 3.13. The molecule has 0 spiro atoms. The van der Waals surface area contributed by atoms with E-state index in [1.165, 1.54) is 0 Å². The number of rotatable bonds is 4. The molecule has 8 heteroatoms. The fourth-order valence-corrected chi connectivity index (χ4v) is 1.80. The van der Waals surface area contributed by atoms with E-state index in [-0.39, 0.29) is 12.8 Å². The summed E-state index contributed by atoms with van der Waals surface area (Å²) < 4.78 is 51.8. The molecule has 0 aromatic rings. The summed E-state index contributed by atoms with van der Waals surface area (Å²) in [6.45, 7) is 0. The van der Waals surface area contributed by atoms with Crippen LogP contribution in [0.25, 0.3) is 0 Å². The normalized spacial score (nSPS) is 22.5. The zero-order valence-corrected chi connectivity index (χ0v) is 8.69. The van der Waals surface area contributed by atoms with Crippen molar-refractivity contribution in [3.63, 3.8) is 0 Å². The van der Waals surface area contributed by atoms with Crippen LogP contribution in [0.2, 0.25) is 0 Å². The van der Waals surface area contributed by atoms with Crippen LogP contribution in [0.3, 0.4) is 0 Å². The molecule has 0 radical (unpaired) electrons. The van der Waals surface area contributed by atoms with Gasteiger partial charge in [0, 0.05) is 12.7 Å². The van der Waals surface area contributed by atoms with Crippen LogP contribution in [0.4, 0.5) is 13.2 Å². The second-order valence-electron chi connectivity index (χ2n) is 3.68. The van der Waals surface area contributed by atoms with E-state index < -0.39 is 35.1 Å². The lowest BCUT2D eigenvalue weighted by Crippen LogP contribution is -2.40. The van der Waals surface area contributed by atoms with Gasteiger partial charge < -0.3 is 10.2 Å². The summed E-state index contributed by atoms with van der Waals surface area (Å²) in [7, 11) is 0. The Morgan fingerprint density at radius 2 is 1.87 bits per heavy atom. The molecule has 2 N–H and O–H groups in total. The molecule has 90 valence electrons. The molecule has 1 unspecified atom stereocenters. The summed E-state index contributed by atoms with van der Waals surface area (Å²) in [5.41, 5.74) is -2.10.